The fourth-order valence-corrected chi connectivity index (χ4v) is 4.52. The summed E-state index contributed by atoms with van der Waals surface area (Å²) in [6, 6.07) is 29.0. The van der Waals surface area contributed by atoms with Gasteiger partial charge in [-0.2, -0.15) is 5.10 Å². The average molecular weight is 552 g/mol. The van der Waals surface area contributed by atoms with Crippen molar-refractivity contribution >= 4 is 51.7 Å². The summed E-state index contributed by atoms with van der Waals surface area (Å²) in [6.07, 6.45) is 0.355. The summed E-state index contributed by atoms with van der Waals surface area (Å²) in [5.74, 6) is 0.380. The van der Waals surface area contributed by atoms with E-state index >= 15 is 0 Å². The second kappa shape index (κ2) is 12.3. The van der Waals surface area contributed by atoms with Crippen LogP contribution >= 0.6 is 0 Å². The van der Waals surface area contributed by atoms with Gasteiger partial charge in [0.2, 0.25) is 0 Å². The summed E-state index contributed by atoms with van der Waals surface area (Å²) in [5.41, 5.74) is 5.55. The summed E-state index contributed by atoms with van der Waals surface area (Å²) in [5, 5.41) is 8.77. The molecule has 5 aromatic rings. The van der Waals surface area contributed by atoms with Crippen LogP contribution in [0.2, 0.25) is 0 Å². The van der Waals surface area contributed by atoms with E-state index in [9.17, 15) is 9.59 Å². The van der Waals surface area contributed by atoms with Gasteiger partial charge in [0.25, 0.3) is 0 Å². The molecule has 0 bridgehead atoms. The molecular formula is C32H29N3O6. The summed E-state index contributed by atoms with van der Waals surface area (Å²) < 4.78 is 21.8. The van der Waals surface area contributed by atoms with Crippen molar-refractivity contribution < 1.29 is 28.5 Å². The lowest BCUT2D eigenvalue weighted by Gasteiger charge is -2.19. The number of nitrogens with zero attached hydrogens (tertiary/aromatic N) is 3. The van der Waals surface area contributed by atoms with Gasteiger partial charge in [-0.25, -0.2) is 14.6 Å². The van der Waals surface area contributed by atoms with Gasteiger partial charge in [0.15, 0.2) is 0 Å². The molecule has 0 saturated carbocycles. The van der Waals surface area contributed by atoms with Gasteiger partial charge in [-0.3, -0.25) is 0 Å². The number of carbonyl (C=O) groups excluding carboxylic acids is 2. The molecule has 0 aliphatic heterocycles. The van der Waals surface area contributed by atoms with Gasteiger partial charge in [0.05, 0.1) is 31.3 Å². The van der Waals surface area contributed by atoms with E-state index in [1.165, 1.54) is 7.11 Å². The molecule has 208 valence electrons. The number of rotatable bonds is 8. The van der Waals surface area contributed by atoms with E-state index in [4.69, 9.17) is 19.3 Å². The molecule has 0 amide bonds. The fourth-order valence-electron chi connectivity index (χ4n) is 4.52. The highest BCUT2D eigenvalue weighted by Crippen LogP contribution is 2.31. The SMILES string of the molecule is CCOC(=O)Oc1ccc(N(N=Cc2ccc3c4cc(COC(=O)OC)ccc4n(C)c3c2)c2ccccc2)cc1. The minimum atomic E-state index is -0.743. The van der Waals surface area contributed by atoms with E-state index in [1.54, 1.807) is 19.1 Å². The second-order valence-corrected chi connectivity index (χ2v) is 9.10. The second-order valence-electron chi connectivity index (χ2n) is 9.10. The minimum Gasteiger partial charge on any atom is -0.438 e. The number of hydrogen-bond donors (Lipinski definition) is 0. The first kappa shape index (κ1) is 27.3. The molecule has 4 aromatic carbocycles. The summed E-state index contributed by atoms with van der Waals surface area (Å²) in [6.45, 7) is 2.10. The van der Waals surface area contributed by atoms with Crippen LogP contribution in [0.1, 0.15) is 18.1 Å². The normalized spacial score (nSPS) is 11.1. The Hall–Kier alpha value is -5.31. The zero-order valence-corrected chi connectivity index (χ0v) is 22.9. The molecule has 0 fully saturated rings. The largest absolute Gasteiger partial charge is 0.513 e. The fraction of sp³-hybridized carbons (Fsp3) is 0.156. The predicted octanol–water partition coefficient (Wildman–Crippen LogP) is 7.32. The molecule has 9 nitrogen and oxygen atoms in total. The van der Waals surface area contributed by atoms with Crippen LogP contribution in [0.15, 0.2) is 96.1 Å². The van der Waals surface area contributed by atoms with Gasteiger partial charge in [0.1, 0.15) is 12.4 Å². The van der Waals surface area contributed by atoms with Crippen molar-refractivity contribution in [2.24, 2.45) is 12.1 Å². The Morgan fingerprint density at radius 3 is 2.32 bits per heavy atom. The molecule has 0 aliphatic carbocycles. The quantitative estimate of drug-likeness (QED) is 0.0863. The Bertz CT molecular complexity index is 1710. The van der Waals surface area contributed by atoms with Crippen LogP contribution in [0.3, 0.4) is 0 Å². The van der Waals surface area contributed by atoms with Crippen molar-refractivity contribution in [2.75, 3.05) is 18.7 Å². The maximum Gasteiger partial charge on any atom is 0.513 e. The lowest BCUT2D eigenvalue weighted by Crippen LogP contribution is -2.11. The highest BCUT2D eigenvalue weighted by atomic mass is 16.7. The molecule has 5 rings (SSSR count). The van der Waals surface area contributed by atoms with E-state index < -0.39 is 12.3 Å². The van der Waals surface area contributed by atoms with E-state index in [-0.39, 0.29) is 13.2 Å². The Balaban J connectivity index is 1.44. The zero-order chi connectivity index (χ0) is 28.8. The molecule has 0 atom stereocenters. The number of methoxy groups -OCH3 is 1. The Kier molecular flexibility index (Phi) is 8.15. The summed E-state index contributed by atoms with van der Waals surface area (Å²) in [7, 11) is 3.31. The number of hydrazone groups is 1. The first-order valence-corrected chi connectivity index (χ1v) is 13.0. The number of ether oxygens (including phenoxy) is 4. The first-order valence-electron chi connectivity index (χ1n) is 13.0. The van der Waals surface area contributed by atoms with Crippen molar-refractivity contribution in [1.82, 2.24) is 4.57 Å². The molecule has 41 heavy (non-hydrogen) atoms. The number of fused-ring (bicyclic) bond motifs is 3. The highest BCUT2D eigenvalue weighted by molar-refractivity contribution is 6.09. The Labute approximate surface area is 237 Å². The standard InChI is InChI=1S/C32H29N3O6/c1-4-39-32(37)41-26-14-12-25(13-15-26)35(24-8-6-5-7-9-24)33-20-22-10-16-27-28-18-23(21-40-31(36)38-3)11-17-29(28)34(2)30(27)19-22/h5-20H,4,21H2,1-3H3. The van der Waals surface area contributed by atoms with Crippen molar-refractivity contribution in [3.63, 3.8) is 0 Å². The van der Waals surface area contributed by atoms with E-state index in [0.717, 1.165) is 44.3 Å². The van der Waals surface area contributed by atoms with Crippen LogP contribution in [-0.4, -0.2) is 36.8 Å². The lowest BCUT2D eigenvalue weighted by atomic mass is 10.1. The van der Waals surface area contributed by atoms with Gasteiger partial charge in [-0.1, -0.05) is 36.4 Å². The number of aryl methyl sites for hydroxylation is 1. The van der Waals surface area contributed by atoms with Crippen LogP contribution in [0.4, 0.5) is 21.0 Å². The molecule has 0 aliphatic rings. The monoisotopic (exact) mass is 551 g/mol. The molecule has 0 radical (unpaired) electrons. The summed E-state index contributed by atoms with van der Waals surface area (Å²) >= 11 is 0. The van der Waals surface area contributed by atoms with Gasteiger partial charge < -0.3 is 23.5 Å². The van der Waals surface area contributed by atoms with Crippen molar-refractivity contribution in [2.45, 2.75) is 13.5 Å². The van der Waals surface area contributed by atoms with Crippen LogP contribution in [0, 0.1) is 0 Å². The third kappa shape index (κ3) is 6.14. The smallest absolute Gasteiger partial charge is 0.438 e. The average Bonchev–Trinajstić information content (AvgIpc) is 3.27. The molecule has 0 unspecified atom stereocenters. The van der Waals surface area contributed by atoms with Gasteiger partial charge in [-0.15, -0.1) is 0 Å². The molecule has 1 heterocycles. The van der Waals surface area contributed by atoms with E-state index in [2.05, 4.69) is 21.4 Å². The molecule has 9 heteroatoms. The summed E-state index contributed by atoms with van der Waals surface area (Å²) in [4.78, 5) is 23.0. The number of anilines is 2. The lowest BCUT2D eigenvalue weighted by molar-refractivity contribution is 0.0669. The molecule has 0 N–H and O–H groups in total. The maximum atomic E-state index is 11.7. The third-order valence-corrected chi connectivity index (χ3v) is 6.49. The molecule has 0 saturated heterocycles. The maximum absolute atomic E-state index is 11.7. The van der Waals surface area contributed by atoms with E-state index in [1.807, 2.05) is 85.0 Å². The van der Waals surface area contributed by atoms with Gasteiger partial charge in [-0.05, 0) is 72.6 Å². The van der Waals surface area contributed by atoms with Crippen molar-refractivity contribution in [1.29, 1.82) is 0 Å². The topological polar surface area (TPSA) is 91.6 Å². The van der Waals surface area contributed by atoms with Crippen LogP contribution in [0.5, 0.6) is 5.75 Å². The zero-order valence-electron chi connectivity index (χ0n) is 22.9. The van der Waals surface area contributed by atoms with Crippen molar-refractivity contribution in [3.05, 3.63) is 102 Å². The number of benzene rings is 4. The number of carbonyl (C=O) groups is 2. The van der Waals surface area contributed by atoms with Crippen molar-refractivity contribution in [3.8, 4) is 5.75 Å². The van der Waals surface area contributed by atoms with E-state index in [0.29, 0.717) is 5.75 Å². The highest BCUT2D eigenvalue weighted by Gasteiger charge is 2.12. The molecule has 0 spiro atoms. The number of hydrogen-bond acceptors (Lipinski definition) is 8. The number of para-hydroxylation sites is 1. The Morgan fingerprint density at radius 2 is 1.59 bits per heavy atom. The Morgan fingerprint density at radius 1 is 0.829 bits per heavy atom. The number of aromatic nitrogens is 1. The van der Waals surface area contributed by atoms with Gasteiger partial charge in [0, 0.05) is 28.9 Å². The van der Waals surface area contributed by atoms with Crippen LogP contribution < -0.4 is 9.75 Å². The molecule has 1 aromatic heterocycles. The predicted molar refractivity (Wildman–Crippen MR) is 158 cm³/mol. The minimum absolute atomic E-state index is 0.134. The third-order valence-electron chi connectivity index (χ3n) is 6.49. The van der Waals surface area contributed by atoms with Crippen LogP contribution in [0.25, 0.3) is 21.8 Å². The molecular weight excluding hydrogens is 522 g/mol. The van der Waals surface area contributed by atoms with Gasteiger partial charge >= 0.3 is 12.3 Å². The first-order chi connectivity index (χ1) is 20.0. The van der Waals surface area contributed by atoms with Crippen LogP contribution in [-0.2, 0) is 27.9 Å².